The molecule has 0 saturated heterocycles. The number of rotatable bonds is 1. The first kappa shape index (κ1) is 19.0. The highest BCUT2D eigenvalue weighted by atomic mass is 16.3. The molecule has 0 spiro atoms. The molecule has 166 valence electrons. The Bertz CT molecular complexity index is 1990. The number of nitrogens with zero attached hydrogens (tertiary/aromatic N) is 2. The van der Waals surface area contributed by atoms with Gasteiger partial charge in [0.1, 0.15) is 5.52 Å². The average Bonchev–Trinajstić information content (AvgIpc) is 3.54. The fourth-order valence-corrected chi connectivity index (χ4v) is 6.22. The van der Waals surface area contributed by atoms with Crippen LogP contribution in [0.5, 0.6) is 0 Å². The van der Waals surface area contributed by atoms with E-state index in [0.29, 0.717) is 0 Å². The SMILES string of the molecule is CC1(C)c2ccccc2-c2cc3cc4c5ccccc5n(-c5cccc6ocnc56)c4cc3cc21. The van der Waals surface area contributed by atoms with Crippen molar-refractivity contribution < 1.29 is 4.42 Å². The zero-order valence-electron chi connectivity index (χ0n) is 19.5. The summed E-state index contributed by atoms with van der Waals surface area (Å²) in [6.45, 7) is 4.68. The minimum Gasteiger partial charge on any atom is -0.443 e. The summed E-state index contributed by atoms with van der Waals surface area (Å²) in [7, 11) is 0. The highest BCUT2D eigenvalue weighted by Gasteiger charge is 2.35. The molecule has 0 saturated carbocycles. The molecule has 2 aromatic heterocycles. The van der Waals surface area contributed by atoms with Crippen molar-refractivity contribution in [2.75, 3.05) is 0 Å². The van der Waals surface area contributed by atoms with Crippen LogP contribution in [0.3, 0.4) is 0 Å². The van der Waals surface area contributed by atoms with E-state index >= 15 is 0 Å². The fourth-order valence-electron chi connectivity index (χ4n) is 6.22. The normalized spacial score (nSPS) is 14.2. The van der Waals surface area contributed by atoms with Crippen LogP contribution < -0.4 is 0 Å². The van der Waals surface area contributed by atoms with E-state index in [9.17, 15) is 0 Å². The van der Waals surface area contributed by atoms with Crippen LogP contribution in [0.25, 0.3) is 60.5 Å². The number of oxazole rings is 1. The number of benzene rings is 5. The lowest BCUT2D eigenvalue weighted by atomic mass is 9.82. The van der Waals surface area contributed by atoms with Gasteiger partial charge in [-0.05, 0) is 75.5 Å². The third-order valence-corrected chi connectivity index (χ3v) is 7.91. The van der Waals surface area contributed by atoms with Crippen LogP contribution in [0.2, 0.25) is 0 Å². The molecule has 7 aromatic rings. The first-order valence-corrected chi connectivity index (χ1v) is 12.1. The second-order valence-corrected chi connectivity index (χ2v) is 10.1. The van der Waals surface area contributed by atoms with Crippen molar-refractivity contribution in [3.63, 3.8) is 0 Å². The van der Waals surface area contributed by atoms with Crippen LogP contribution in [-0.2, 0) is 5.41 Å². The van der Waals surface area contributed by atoms with Gasteiger partial charge >= 0.3 is 0 Å². The molecular formula is C32H22N2O. The number of hydrogen-bond acceptors (Lipinski definition) is 2. The number of aromatic nitrogens is 2. The third-order valence-electron chi connectivity index (χ3n) is 7.91. The van der Waals surface area contributed by atoms with Crippen LogP contribution in [-0.4, -0.2) is 9.55 Å². The zero-order valence-corrected chi connectivity index (χ0v) is 19.5. The molecule has 0 unspecified atom stereocenters. The minimum absolute atomic E-state index is 0.0198. The Hall–Kier alpha value is -4.37. The maximum atomic E-state index is 5.63. The van der Waals surface area contributed by atoms with Gasteiger partial charge < -0.3 is 8.98 Å². The van der Waals surface area contributed by atoms with Crippen molar-refractivity contribution in [1.29, 1.82) is 0 Å². The molecule has 1 aliphatic rings. The van der Waals surface area contributed by atoms with Crippen molar-refractivity contribution in [3.05, 3.63) is 109 Å². The van der Waals surface area contributed by atoms with Gasteiger partial charge in [0.25, 0.3) is 0 Å². The molecule has 3 heteroatoms. The predicted molar refractivity (Wildman–Crippen MR) is 143 cm³/mol. The van der Waals surface area contributed by atoms with Gasteiger partial charge in [0.05, 0.1) is 16.7 Å². The van der Waals surface area contributed by atoms with Gasteiger partial charge in [-0.2, -0.15) is 0 Å². The Balaban J connectivity index is 1.51. The van der Waals surface area contributed by atoms with E-state index < -0.39 is 0 Å². The maximum Gasteiger partial charge on any atom is 0.182 e. The molecule has 5 aromatic carbocycles. The Morgan fingerprint density at radius 3 is 2.46 bits per heavy atom. The number of fused-ring (bicyclic) bond motifs is 8. The molecule has 0 N–H and O–H groups in total. The van der Waals surface area contributed by atoms with Crippen LogP contribution in [0, 0.1) is 0 Å². The summed E-state index contributed by atoms with van der Waals surface area (Å²) < 4.78 is 7.97. The van der Waals surface area contributed by atoms with Crippen molar-refractivity contribution in [3.8, 4) is 16.8 Å². The Morgan fingerprint density at radius 2 is 1.51 bits per heavy atom. The molecule has 35 heavy (non-hydrogen) atoms. The summed E-state index contributed by atoms with van der Waals surface area (Å²) in [6, 6.07) is 33.1. The first-order chi connectivity index (χ1) is 17.1. The molecule has 0 bridgehead atoms. The highest BCUT2D eigenvalue weighted by Crippen LogP contribution is 2.50. The van der Waals surface area contributed by atoms with E-state index in [0.717, 1.165) is 16.8 Å². The van der Waals surface area contributed by atoms with Crippen molar-refractivity contribution >= 4 is 43.7 Å². The standard InChI is InChI=1S/C32H22N2O/c1-32(2)25-10-5-3-8-21(25)23-14-19-15-24-22-9-4-6-11-27(22)34(29(24)17-20(19)16-26(23)32)28-12-7-13-30-31(28)33-18-35-30/h3-18H,1-2H3. The van der Waals surface area contributed by atoms with Crippen molar-refractivity contribution in [2.45, 2.75) is 19.3 Å². The quantitative estimate of drug-likeness (QED) is 0.251. The van der Waals surface area contributed by atoms with Gasteiger partial charge in [-0.1, -0.05) is 62.4 Å². The lowest BCUT2D eigenvalue weighted by Gasteiger charge is -2.21. The van der Waals surface area contributed by atoms with Gasteiger partial charge in [0, 0.05) is 16.2 Å². The van der Waals surface area contributed by atoms with Crippen LogP contribution in [0.1, 0.15) is 25.0 Å². The monoisotopic (exact) mass is 450 g/mol. The second-order valence-electron chi connectivity index (χ2n) is 10.1. The largest absolute Gasteiger partial charge is 0.443 e. The summed E-state index contributed by atoms with van der Waals surface area (Å²) in [5.41, 5.74) is 10.6. The smallest absolute Gasteiger partial charge is 0.182 e. The highest BCUT2D eigenvalue weighted by molar-refractivity contribution is 6.15. The van der Waals surface area contributed by atoms with Crippen molar-refractivity contribution in [1.82, 2.24) is 9.55 Å². The summed E-state index contributed by atoms with van der Waals surface area (Å²) in [4.78, 5) is 4.55. The number of para-hydroxylation sites is 2. The maximum absolute atomic E-state index is 5.63. The second kappa shape index (κ2) is 6.39. The lowest BCUT2D eigenvalue weighted by Crippen LogP contribution is -2.14. The summed E-state index contributed by atoms with van der Waals surface area (Å²) in [5, 5.41) is 5.02. The zero-order chi connectivity index (χ0) is 23.3. The van der Waals surface area contributed by atoms with Crippen LogP contribution in [0.15, 0.2) is 102 Å². The van der Waals surface area contributed by atoms with Gasteiger partial charge in [-0.3, -0.25) is 0 Å². The molecule has 2 heterocycles. The van der Waals surface area contributed by atoms with E-state index in [4.69, 9.17) is 4.42 Å². The molecule has 0 amide bonds. The Kier molecular flexibility index (Phi) is 3.47. The molecule has 0 atom stereocenters. The van der Waals surface area contributed by atoms with Gasteiger partial charge in [-0.25, -0.2) is 4.98 Å². The summed E-state index contributed by atoms with van der Waals surface area (Å²) in [5.74, 6) is 0. The van der Waals surface area contributed by atoms with Gasteiger partial charge in [0.2, 0.25) is 0 Å². The summed E-state index contributed by atoms with van der Waals surface area (Å²) in [6.07, 6.45) is 1.53. The minimum atomic E-state index is -0.0198. The van der Waals surface area contributed by atoms with Crippen molar-refractivity contribution in [2.24, 2.45) is 0 Å². The molecule has 0 aliphatic heterocycles. The van der Waals surface area contributed by atoms with Crippen LogP contribution in [0.4, 0.5) is 0 Å². The Morgan fingerprint density at radius 1 is 0.686 bits per heavy atom. The third kappa shape index (κ3) is 2.37. The van der Waals surface area contributed by atoms with Gasteiger partial charge in [-0.15, -0.1) is 0 Å². The molecule has 0 fully saturated rings. The lowest BCUT2D eigenvalue weighted by molar-refractivity contribution is 0.602. The topological polar surface area (TPSA) is 31.0 Å². The molecule has 0 radical (unpaired) electrons. The predicted octanol–water partition coefficient (Wildman–Crippen LogP) is 8.38. The van der Waals surface area contributed by atoms with E-state index in [1.54, 1.807) is 0 Å². The van der Waals surface area contributed by atoms with E-state index in [1.807, 2.05) is 12.1 Å². The van der Waals surface area contributed by atoms with Crippen LogP contribution >= 0.6 is 0 Å². The molecule has 3 nitrogen and oxygen atoms in total. The molecular weight excluding hydrogens is 428 g/mol. The van der Waals surface area contributed by atoms with E-state index in [2.05, 4.69) is 102 Å². The number of hydrogen-bond donors (Lipinski definition) is 0. The van der Waals surface area contributed by atoms with Gasteiger partial charge in [0.15, 0.2) is 12.0 Å². The fraction of sp³-hybridized carbons (Fsp3) is 0.0938. The van der Waals surface area contributed by atoms with E-state index in [-0.39, 0.29) is 5.41 Å². The van der Waals surface area contributed by atoms with E-state index in [1.165, 1.54) is 61.2 Å². The molecule has 1 aliphatic carbocycles. The molecule has 8 rings (SSSR count). The first-order valence-electron chi connectivity index (χ1n) is 12.1. The average molecular weight is 451 g/mol. The summed E-state index contributed by atoms with van der Waals surface area (Å²) >= 11 is 0. The Labute approximate surface area is 202 Å².